The molecular formula is C26H35N2O4P. The normalized spacial score (nSPS) is 11.1. The van der Waals surface area contributed by atoms with E-state index in [4.69, 9.17) is 19.6 Å². The highest BCUT2D eigenvalue weighted by atomic mass is 31.2. The first kappa shape index (κ1) is 26.9. The Morgan fingerprint density at radius 3 is 1.67 bits per heavy atom. The fraction of sp³-hybridized carbons (Fsp3) is 0.308. The Morgan fingerprint density at radius 1 is 0.758 bits per heavy atom. The summed E-state index contributed by atoms with van der Waals surface area (Å²) in [5.74, 6) is 0.854. The number of hydrogen-bond donors (Lipinski definition) is 5. The second-order valence-electron chi connectivity index (χ2n) is 7.60. The van der Waals surface area contributed by atoms with E-state index in [0.29, 0.717) is 0 Å². The van der Waals surface area contributed by atoms with E-state index in [1.807, 2.05) is 12.1 Å². The Kier molecular flexibility index (Phi) is 12.0. The summed E-state index contributed by atoms with van der Waals surface area (Å²) >= 11 is 0. The lowest BCUT2D eigenvalue weighted by Crippen LogP contribution is -2.45. The number of methoxy groups -OCH3 is 1. The van der Waals surface area contributed by atoms with Crippen molar-refractivity contribution < 1.29 is 19.6 Å². The van der Waals surface area contributed by atoms with E-state index in [9.17, 15) is 0 Å². The molecule has 0 bridgehead atoms. The summed E-state index contributed by atoms with van der Waals surface area (Å²) in [6.45, 7) is 1.17. The van der Waals surface area contributed by atoms with Crippen LogP contribution in [0.5, 0.6) is 5.75 Å². The summed E-state index contributed by atoms with van der Waals surface area (Å²) in [7, 11) is -0.425. The van der Waals surface area contributed by atoms with Crippen LogP contribution in [0.3, 0.4) is 0 Å². The number of aliphatic hydroxyl groups is 1. The second-order valence-corrected chi connectivity index (χ2v) is 8.24. The molecule has 0 aliphatic carbocycles. The second kappa shape index (κ2) is 14.8. The van der Waals surface area contributed by atoms with Gasteiger partial charge in [0, 0.05) is 6.61 Å². The van der Waals surface area contributed by atoms with Gasteiger partial charge < -0.3 is 19.6 Å². The van der Waals surface area contributed by atoms with Gasteiger partial charge in [0.05, 0.1) is 12.6 Å². The van der Waals surface area contributed by atoms with Crippen LogP contribution in [0, 0.1) is 0 Å². The minimum atomic E-state index is -2.12. The van der Waals surface area contributed by atoms with Crippen molar-refractivity contribution >= 4 is 8.53 Å². The highest BCUT2D eigenvalue weighted by Crippen LogP contribution is 2.37. The van der Waals surface area contributed by atoms with Crippen molar-refractivity contribution in [2.24, 2.45) is 5.50 Å². The first-order chi connectivity index (χ1) is 16.0. The lowest BCUT2D eigenvalue weighted by Gasteiger charge is -2.37. The maximum atomic E-state index is 9.01. The summed E-state index contributed by atoms with van der Waals surface area (Å²) in [6.07, 6.45) is 4.11. The SMILES string of the molecule is COc1ccc(C(NCCCCCCO)(c2ccccc2)c2ccccc2)cc1.NP(O)O. The standard InChI is InChI=1S/C26H31NO2.H4NO2P/c1-29-25-18-16-24(17-19-25)26(22-12-6-4-7-13-22,23-14-8-5-9-15-23)27-20-10-2-3-11-21-28;1-4(2)3/h4-9,12-19,27-28H,2-3,10-11,20-21H2,1H3;2-3H,1H2. The molecule has 0 saturated heterocycles. The van der Waals surface area contributed by atoms with Gasteiger partial charge in [-0.25, -0.2) is 0 Å². The van der Waals surface area contributed by atoms with E-state index >= 15 is 0 Å². The number of rotatable bonds is 11. The van der Waals surface area contributed by atoms with Crippen LogP contribution in [-0.4, -0.2) is 35.2 Å². The fourth-order valence-electron chi connectivity index (χ4n) is 3.89. The first-order valence-electron chi connectivity index (χ1n) is 11.1. The molecule has 0 atom stereocenters. The molecule has 3 aromatic rings. The minimum Gasteiger partial charge on any atom is -0.497 e. The van der Waals surface area contributed by atoms with Gasteiger partial charge in [-0.15, -0.1) is 0 Å². The Morgan fingerprint density at radius 2 is 1.21 bits per heavy atom. The Hall–Kier alpha value is -2.31. The van der Waals surface area contributed by atoms with Crippen molar-refractivity contribution in [1.29, 1.82) is 0 Å². The average molecular weight is 471 g/mol. The molecule has 6 N–H and O–H groups in total. The lowest BCUT2D eigenvalue weighted by molar-refractivity contribution is 0.282. The van der Waals surface area contributed by atoms with Crippen LogP contribution >= 0.6 is 8.53 Å². The zero-order valence-electron chi connectivity index (χ0n) is 19.1. The molecule has 0 aliphatic heterocycles. The molecule has 0 amide bonds. The highest BCUT2D eigenvalue weighted by Gasteiger charge is 2.35. The van der Waals surface area contributed by atoms with Crippen LogP contribution in [0.1, 0.15) is 42.4 Å². The quantitative estimate of drug-likeness (QED) is 0.163. The maximum Gasteiger partial charge on any atom is 0.247 e. The predicted molar refractivity (Wildman–Crippen MR) is 135 cm³/mol. The molecule has 3 aromatic carbocycles. The molecular weight excluding hydrogens is 435 g/mol. The van der Waals surface area contributed by atoms with Gasteiger partial charge in [-0.2, -0.15) is 0 Å². The number of nitrogens with one attached hydrogen (secondary N) is 1. The predicted octanol–water partition coefficient (Wildman–Crippen LogP) is 4.29. The third-order valence-corrected chi connectivity index (χ3v) is 5.41. The zero-order valence-corrected chi connectivity index (χ0v) is 20.0. The van der Waals surface area contributed by atoms with Gasteiger partial charge in [-0.1, -0.05) is 85.6 Å². The molecule has 0 saturated carbocycles. The summed E-state index contributed by atoms with van der Waals surface area (Å²) in [5, 5.41) is 12.9. The van der Waals surface area contributed by atoms with E-state index in [0.717, 1.165) is 38.0 Å². The van der Waals surface area contributed by atoms with Crippen molar-refractivity contribution in [3.05, 3.63) is 102 Å². The van der Waals surface area contributed by atoms with Gasteiger partial charge in [0.2, 0.25) is 8.53 Å². The van der Waals surface area contributed by atoms with Gasteiger partial charge >= 0.3 is 0 Å². The van der Waals surface area contributed by atoms with Gasteiger partial charge in [0.25, 0.3) is 0 Å². The number of benzene rings is 3. The number of aliphatic hydroxyl groups excluding tert-OH is 1. The van der Waals surface area contributed by atoms with E-state index in [1.165, 1.54) is 16.7 Å². The van der Waals surface area contributed by atoms with Crippen molar-refractivity contribution in [3.63, 3.8) is 0 Å². The minimum absolute atomic E-state index is 0.275. The van der Waals surface area contributed by atoms with E-state index < -0.39 is 14.1 Å². The summed E-state index contributed by atoms with van der Waals surface area (Å²) < 4.78 is 5.39. The molecule has 0 aromatic heterocycles. The molecule has 0 fully saturated rings. The topological polar surface area (TPSA) is 108 Å². The summed E-state index contributed by atoms with van der Waals surface area (Å²) in [5.41, 5.74) is 7.46. The van der Waals surface area contributed by atoms with E-state index in [-0.39, 0.29) is 6.61 Å². The molecule has 7 heteroatoms. The summed E-state index contributed by atoms with van der Waals surface area (Å²) in [4.78, 5) is 14.9. The van der Waals surface area contributed by atoms with E-state index in [1.54, 1.807) is 7.11 Å². The largest absolute Gasteiger partial charge is 0.497 e. The average Bonchev–Trinajstić information content (AvgIpc) is 2.85. The van der Waals surface area contributed by atoms with Crippen LogP contribution in [-0.2, 0) is 5.54 Å². The molecule has 0 aliphatic rings. The van der Waals surface area contributed by atoms with E-state index in [2.05, 4.69) is 83.6 Å². The van der Waals surface area contributed by atoms with Gasteiger partial charge in [0.1, 0.15) is 5.75 Å². The summed E-state index contributed by atoms with van der Waals surface area (Å²) in [6, 6.07) is 29.6. The van der Waals surface area contributed by atoms with Crippen LogP contribution in [0.2, 0.25) is 0 Å². The Balaban J connectivity index is 0.000000890. The van der Waals surface area contributed by atoms with Crippen LogP contribution in [0.4, 0.5) is 0 Å². The number of nitrogens with two attached hydrogens (primary N) is 1. The number of ether oxygens (including phenoxy) is 1. The third kappa shape index (κ3) is 8.20. The van der Waals surface area contributed by atoms with Gasteiger partial charge in [-0.3, -0.25) is 10.8 Å². The lowest BCUT2D eigenvalue weighted by atomic mass is 9.77. The molecule has 33 heavy (non-hydrogen) atoms. The number of unbranched alkanes of at least 4 members (excludes halogenated alkanes) is 3. The molecule has 6 nitrogen and oxygen atoms in total. The smallest absolute Gasteiger partial charge is 0.247 e. The van der Waals surface area contributed by atoms with Crippen molar-refractivity contribution in [2.75, 3.05) is 20.3 Å². The van der Waals surface area contributed by atoms with Crippen LogP contribution in [0.15, 0.2) is 84.9 Å². The monoisotopic (exact) mass is 470 g/mol. The molecule has 0 unspecified atom stereocenters. The van der Waals surface area contributed by atoms with Gasteiger partial charge in [0.15, 0.2) is 0 Å². The van der Waals surface area contributed by atoms with Crippen molar-refractivity contribution in [2.45, 2.75) is 31.2 Å². The number of hydrogen-bond acceptors (Lipinski definition) is 6. The Bertz CT molecular complexity index is 851. The fourth-order valence-corrected chi connectivity index (χ4v) is 3.89. The molecule has 0 spiro atoms. The zero-order chi connectivity index (χ0) is 23.9. The van der Waals surface area contributed by atoms with Crippen LogP contribution < -0.4 is 15.6 Å². The molecule has 0 heterocycles. The Labute approximate surface area is 198 Å². The van der Waals surface area contributed by atoms with Crippen molar-refractivity contribution in [1.82, 2.24) is 5.32 Å². The molecule has 178 valence electrons. The molecule has 3 rings (SSSR count). The first-order valence-corrected chi connectivity index (χ1v) is 12.4. The maximum absolute atomic E-state index is 9.01. The van der Waals surface area contributed by atoms with Crippen LogP contribution in [0.25, 0.3) is 0 Å². The third-order valence-electron chi connectivity index (χ3n) is 5.41. The highest BCUT2D eigenvalue weighted by molar-refractivity contribution is 7.42. The molecule has 0 radical (unpaired) electrons. The van der Waals surface area contributed by atoms with Gasteiger partial charge in [-0.05, 0) is 48.2 Å². The van der Waals surface area contributed by atoms with Crippen molar-refractivity contribution in [3.8, 4) is 5.75 Å².